The Hall–Kier alpha value is -2.49. The molecule has 10 heteroatoms. The number of fused-ring (bicyclic) bond motifs is 1. The van der Waals surface area contributed by atoms with E-state index in [1.165, 1.54) is 17.7 Å². The topological polar surface area (TPSA) is 94.4 Å². The van der Waals surface area contributed by atoms with Crippen molar-refractivity contribution >= 4 is 27.9 Å². The second-order valence-electron chi connectivity index (χ2n) is 5.17. The fourth-order valence-corrected chi connectivity index (χ4v) is 3.60. The van der Waals surface area contributed by atoms with Crippen LogP contribution in [-0.4, -0.2) is 42.2 Å². The molecule has 22 heavy (non-hydrogen) atoms. The zero-order chi connectivity index (χ0) is 15.1. The number of nitro groups is 1. The van der Waals surface area contributed by atoms with Crippen molar-refractivity contribution in [3.8, 4) is 0 Å². The molecular formula is C12H13N7O2S. The Kier molecular flexibility index (Phi) is 3.03. The van der Waals surface area contributed by atoms with Crippen molar-refractivity contribution in [3.63, 3.8) is 0 Å². The van der Waals surface area contributed by atoms with E-state index >= 15 is 0 Å². The number of anilines is 1. The highest BCUT2D eigenvalue weighted by atomic mass is 32.1. The minimum Gasteiger partial charge on any atom is -0.358 e. The number of hydrogen-bond acceptors (Lipinski definition) is 7. The van der Waals surface area contributed by atoms with Crippen molar-refractivity contribution < 1.29 is 4.92 Å². The molecule has 4 heterocycles. The molecule has 1 aliphatic heterocycles. The van der Waals surface area contributed by atoms with Gasteiger partial charge in [-0.2, -0.15) is 14.5 Å². The molecule has 0 amide bonds. The monoisotopic (exact) mass is 319 g/mol. The van der Waals surface area contributed by atoms with Gasteiger partial charge in [-0.3, -0.25) is 0 Å². The quantitative estimate of drug-likeness (QED) is 0.539. The molecule has 0 N–H and O–H groups in total. The Morgan fingerprint density at radius 1 is 1.36 bits per heavy atom. The maximum Gasteiger partial charge on any atom is 0.373 e. The molecule has 3 aromatic rings. The van der Waals surface area contributed by atoms with Gasteiger partial charge < -0.3 is 15.0 Å². The first-order chi connectivity index (χ1) is 10.7. The van der Waals surface area contributed by atoms with Crippen molar-refractivity contribution in [1.82, 2.24) is 24.1 Å². The summed E-state index contributed by atoms with van der Waals surface area (Å²) in [5.41, 5.74) is 0. The molecule has 0 aliphatic carbocycles. The third-order valence-electron chi connectivity index (χ3n) is 3.97. The van der Waals surface area contributed by atoms with E-state index in [2.05, 4.69) is 15.1 Å². The highest BCUT2D eigenvalue weighted by Crippen LogP contribution is 2.34. The van der Waals surface area contributed by atoms with E-state index in [0.29, 0.717) is 16.8 Å². The van der Waals surface area contributed by atoms with Gasteiger partial charge in [-0.05, 0) is 17.8 Å². The van der Waals surface area contributed by atoms with E-state index in [1.807, 2.05) is 9.58 Å². The number of piperidine rings is 1. The van der Waals surface area contributed by atoms with Crippen LogP contribution in [0.1, 0.15) is 18.9 Å². The van der Waals surface area contributed by atoms with Gasteiger partial charge in [0.2, 0.25) is 5.82 Å². The number of hydrogen-bond donors (Lipinski definition) is 0. The number of aromatic nitrogens is 5. The molecule has 0 saturated carbocycles. The van der Waals surface area contributed by atoms with Crippen molar-refractivity contribution in [2.45, 2.75) is 18.9 Å². The van der Waals surface area contributed by atoms with Crippen LogP contribution in [0.15, 0.2) is 24.2 Å². The summed E-state index contributed by atoms with van der Waals surface area (Å²) in [4.78, 5) is 22.1. The Morgan fingerprint density at radius 2 is 2.18 bits per heavy atom. The van der Waals surface area contributed by atoms with E-state index in [1.54, 1.807) is 22.3 Å². The fourth-order valence-electron chi connectivity index (χ4n) is 2.89. The standard InChI is InChI=1S/C12H13N7O2S/c20-19(21)11-10(15-12-17(11)5-6-22-12)16-3-1-9(2-4-16)18-8-13-7-14-18/h5-9H,1-4H2. The molecule has 114 valence electrons. The van der Waals surface area contributed by atoms with E-state index in [4.69, 9.17) is 0 Å². The second kappa shape index (κ2) is 5.05. The second-order valence-corrected chi connectivity index (χ2v) is 6.04. The van der Waals surface area contributed by atoms with Crippen LogP contribution < -0.4 is 4.90 Å². The van der Waals surface area contributed by atoms with Crippen molar-refractivity contribution in [2.24, 2.45) is 0 Å². The van der Waals surface area contributed by atoms with Crippen LogP contribution in [-0.2, 0) is 0 Å². The lowest BCUT2D eigenvalue weighted by Gasteiger charge is -2.31. The smallest absolute Gasteiger partial charge is 0.358 e. The minimum atomic E-state index is -0.356. The summed E-state index contributed by atoms with van der Waals surface area (Å²) in [6.45, 7) is 1.44. The third-order valence-corrected chi connectivity index (χ3v) is 4.72. The molecule has 4 rings (SSSR count). The van der Waals surface area contributed by atoms with Crippen LogP contribution in [0.3, 0.4) is 0 Å². The predicted octanol–water partition coefficient (Wildman–Crippen LogP) is 1.74. The number of nitrogens with zero attached hydrogens (tertiary/aromatic N) is 7. The van der Waals surface area contributed by atoms with Crippen LogP contribution in [0, 0.1) is 10.1 Å². The van der Waals surface area contributed by atoms with E-state index in [0.717, 1.165) is 25.9 Å². The maximum absolute atomic E-state index is 11.4. The van der Waals surface area contributed by atoms with Crippen LogP contribution >= 0.6 is 11.3 Å². The number of imidazole rings is 1. The van der Waals surface area contributed by atoms with Gasteiger partial charge in [0.05, 0.1) is 6.04 Å². The van der Waals surface area contributed by atoms with Gasteiger partial charge in [-0.15, -0.1) is 0 Å². The largest absolute Gasteiger partial charge is 0.373 e. The highest BCUT2D eigenvalue weighted by molar-refractivity contribution is 7.15. The molecule has 3 aromatic heterocycles. The summed E-state index contributed by atoms with van der Waals surface area (Å²) in [6.07, 6.45) is 6.67. The number of rotatable bonds is 3. The summed E-state index contributed by atoms with van der Waals surface area (Å²) in [6, 6.07) is 0.293. The molecule has 1 saturated heterocycles. The normalized spacial score (nSPS) is 16.5. The van der Waals surface area contributed by atoms with Gasteiger partial charge in [-0.25, -0.2) is 9.67 Å². The first kappa shape index (κ1) is 13.2. The molecule has 0 unspecified atom stereocenters. The lowest BCUT2D eigenvalue weighted by molar-refractivity contribution is -0.389. The molecule has 1 fully saturated rings. The number of thiazole rings is 1. The molecule has 0 atom stereocenters. The summed E-state index contributed by atoms with van der Waals surface area (Å²) in [5, 5.41) is 17.4. The maximum atomic E-state index is 11.4. The van der Waals surface area contributed by atoms with Gasteiger partial charge >= 0.3 is 5.82 Å². The minimum absolute atomic E-state index is 0.0513. The lowest BCUT2D eigenvalue weighted by Crippen LogP contribution is -2.35. The molecule has 0 radical (unpaired) electrons. The first-order valence-corrected chi connectivity index (χ1v) is 7.81. The van der Waals surface area contributed by atoms with Crippen molar-refractivity contribution in [3.05, 3.63) is 34.3 Å². The van der Waals surface area contributed by atoms with E-state index < -0.39 is 0 Å². The average Bonchev–Trinajstić information content (AvgIpc) is 3.23. The van der Waals surface area contributed by atoms with Gasteiger partial charge in [-0.1, -0.05) is 11.3 Å². The Bertz CT molecular complexity index is 801. The molecular weight excluding hydrogens is 306 g/mol. The highest BCUT2D eigenvalue weighted by Gasteiger charge is 2.31. The summed E-state index contributed by atoms with van der Waals surface area (Å²) < 4.78 is 3.40. The van der Waals surface area contributed by atoms with Crippen molar-refractivity contribution in [1.29, 1.82) is 0 Å². The van der Waals surface area contributed by atoms with Gasteiger partial charge in [0.15, 0.2) is 0 Å². The van der Waals surface area contributed by atoms with Crippen LogP contribution in [0.5, 0.6) is 0 Å². The molecule has 9 nitrogen and oxygen atoms in total. The van der Waals surface area contributed by atoms with Gasteiger partial charge in [0.1, 0.15) is 18.9 Å². The predicted molar refractivity (Wildman–Crippen MR) is 80.2 cm³/mol. The molecule has 0 bridgehead atoms. The van der Waals surface area contributed by atoms with Gasteiger partial charge in [0.25, 0.3) is 4.96 Å². The van der Waals surface area contributed by atoms with Crippen molar-refractivity contribution in [2.75, 3.05) is 18.0 Å². The van der Waals surface area contributed by atoms with Crippen LogP contribution in [0.25, 0.3) is 4.96 Å². The lowest BCUT2D eigenvalue weighted by atomic mass is 10.1. The molecule has 0 aromatic carbocycles. The first-order valence-electron chi connectivity index (χ1n) is 6.93. The molecule has 0 spiro atoms. The summed E-state index contributed by atoms with van der Waals surface area (Å²) in [7, 11) is 0. The summed E-state index contributed by atoms with van der Waals surface area (Å²) in [5.74, 6) is 0.518. The summed E-state index contributed by atoms with van der Waals surface area (Å²) >= 11 is 1.40. The zero-order valence-electron chi connectivity index (χ0n) is 11.6. The fraction of sp³-hybridized carbons (Fsp3) is 0.417. The Morgan fingerprint density at radius 3 is 2.86 bits per heavy atom. The molecule has 1 aliphatic rings. The van der Waals surface area contributed by atoms with E-state index in [-0.39, 0.29) is 10.7 Å². The van der Waals surface area contributed by atoms with Crippen LogP contribution in [0.4, 0.5) is 11.6 Å². The Balaban J connectivity index is 1.60. The Labute approximate surface area is 129 Å². The van der Waals surface area contributed by atoms with Gasteiger partial charge in [0, 0.05) is 18.5 Å². The van der Waals surface area contributed by atoms with Crippen LogP contribution in [0.2, 0.25) is 0 Å². The average molecular weight is 319 g/mol. The zero-order valence-corrected chi connectivity index (χ0v) is 12.4. The SMILES string of the molecule is O=[N+]([O-])c1c(N2CCC(n3cncn3)CC2)nc2sccn12. The third kappa shape index (κ3) is 2.03. The van der Waals surface area contributed by atoms with E-state index in [9.17, 15) is 10.1 Å².